The van der Waals surface area contributed by atoms with Gasteiger partial charge in [-0.2, -0.15) is 13.2 Å². The number of nitrogens with one attached hydrogen (secondary N) is 1. The third-order valence-corrected chi connectivity index (χ3v) is 3.45. The summed E-state index contributed by atoms with van der Waals surface area (Å²) in [5.41, 5.74) is 0. The van der Waals surface area contributed by atoms with Gasteiger partial charge in [-0.15, -0.1) is 0 Å². The lowest BCUT2D eigenvalue weighted by Gasteiger charge is -2.14. The highest BCUT2D eigenvalue weighted by Gasteiger charge is 2.27. The highest BCUT2D eigenvalue weighted by atomic mass is 32.2. The van der Waals surface area contributed by atoms with Gasteiger partial charge in [0.15, 0.2) is 0 Å². The second-order valence-electron chi connectivity index (χ2n) is 3.44. The van der Waals surface area contributed by atoms with Gasteiger partial charge in [-0.25, -0.2) is 13.1 Å². The van der Waals surface area contributed by atoms with Gasteiger partial charge in [0.25, 0.3) is 0 Å². The highest BCUT2D eigenvalue weighted by molar-refractivity contribution is 7.89. The Balaban J connectivity index is 4.06. The van der Waals surface area contributed by atoms with Gasteiger partial charge in [0, 0.05) is 12.5 Å². The minimum absolute atomic E-state index is 0.366. The zero-order valence-electron chi connectivity index (χ0n) is 8.92. The number of aliphatic hydroxyl groups excluding tert-OH is 1. The average Bonchev–Trinajstić information content (AvgIpc) is 2.11. The lowest BCUT2D eigenvalue weighted by Crippen LogP contribution is -2.38. The molecule has 0 heterocycles. The van der Waals surface area contributed by atoms with Gasteiger partial charge in [0.2, 0.25) is 10.0 Å². The number of rotatable bonds is 7. The Morgan fingerprint density at radius 3 is 2.31 bits per heavy atom. The first-order valence-electron chi connectivity index (χ1n) is 4.88. The van der Waals surface area contributed by atoms with Gasteiger partial charge in [0.1, 0.15) is 0 Å². The Labute approximate surface area is 92.9 Å². The summed E-state index contributed by atoms with van der Waals surface area (Å²) in [5, 5.41) is 8.74. The van der Waals surface area contributed by atoms with Crippen LogP contribution in [0.4, 0.5) is 13.2 Å². The third kappa shape index (κ3) is 7.89. The van der Waals surface area contributed by atoms with E-state index < -0.39 is 40.8 Å². The fourth-order valence-corrected chi connectivity index (χ4v) is 2.42. The zero-order chi connectivity index (χ0) is 12.8. The Morgan fingerprint density at radius 1 is 1.38 bits per heavy atom. The van der Waals surface area contributed by atoms with Crippen molar-refractivity contribution in [2.45, 2.75) is 38.4 Å². The maximum atomic E-state index is 11.8. The predicted octanol–water partition coefficient (Wildman–Crippen LogP) is 1.02. The van der Waals surface area contributed by atoms with Crippen molar-refractivity contribution in [1.82, 2.24) is 4.72 Å². The first-order valence-corrected chi connectivity index (χ1v) is 6.53. The molecule has 0 saturated heterocycles. The van der Waals surface area contributed by atoms with Crippen LogP contribution < -0.4 is 4.72 Å². The molecule has 0 rings (SSSR count). The minimum atomic E-state index is -4.34. The molecule has 1 unspecified atom stereocenters. The largest absolute Gasteiger partial charge is 0.395 e. The molecule has 0 spiro atoms. The summed E-state index contributed by atoms with van der Waals surface area (Å²) in [6, 6.07) is -0.629. The van der Waals surface area contributed by atoms with Crippen LogP contribution in [0.3, 0.4) is 0 Å². The van der Waals surface area contributed by atoms with Gasteiger partial charge in [-0.3, -0.25) is 0 Å². The maximum Gasteiger partial charge on any atom is 0.389 e. The predicted molar refractivity (Wildman–Crippen MR) is 53.4 cm³/mol. The average molecular weight is 263 g/mol. The number of hydrogen-bond donors (Lipinski definition) is 2. The summed E-state index contributed by atoms with van der Waals surface area (Å²) in [4.78, 5) is 0. The second-order valence-corrected chi connectivity index (χ2v) is 5.32. The first-order chi connectivity index (χ1) is 7.20. The molecule has 2 N–H and O–H groups in total. The molecule has 0 saturated carbocycles. The first kappa shape index (κ1) is 15.7. The van der Waals surface area contributed by atoms with E-state index in [4.69, 9.17) is 5.11 Å². The summed E-state index contributed by atoms with van der Waals surface area (Å²) < 4.78 is 60.0. The van der Waals surface area contributed by atoms with Gasteiger partial charge < -0.3 is 5.11 Å². The van der Waals surface area contributed by atoms with Gasteiger partial charge >= 0.3 is 6.18 Å². The molecule has 0 aromatic rings. The summed E-state index contributed by atoms with van der Waals surface area (Å²) in [7, 11) is -3.74. The number of hydrogen-bond acceptors (Lipinski definition) is 3. The SMILES string of the molecule is CCC(CO)NS(=O)(=O)CCCC(F)(F)F. The number of halogens is 3. The van der Waals surface area contributed by atoms with Crippen molar-refractivity contribution < 1.29 is 26.7 Å². The van der Waals surface area contributed by atoms with Crippen LogP contribution in [0, 0.1) is 0 Å². The normalized spacial score (nSPS) is 15.1. The molecule has 0 fully saturated rings. The molecular weight excluding hydrogens is 247 g/mol. The van der Waals surface area contributed by atoms with Crippen LogP contribution in [0.2, 0.25) is 0 Å². The quantitative estimate of drug-likeness (QED) is 0.720. The summed E-state index contributed by atoms with van der Waals surface area (Å²) in [5.74, 6) is -0.580. The zero-order valence-corrected chi connectivity index (χ0v) is 9.74. The Hall–Kier alpha value is -0.340. The summed E-state index contributed by atoms with van der Waals surface area (Å²) in [6.45, 7) is 1.30. The topological polar surface area (TPSA) is 66.4 Å². The lowest BCUT2D eigenvalue weighted by atomic mass is 10.3. The van der Waals surface area contributed by atoms with E-state index in [9.17, 15) is 21.6 Å². The van der Waals surface area contributed by atoms with Crippen molar-refractivity contribution in [1.29, 1.82) is 0 Å². The smallest absolute Gasteiger partial charge is 0.389 e. The van der Waals surface area contributed by atoms with Crippen LogP contribution in [-0.2, 0) is 10.0 Å². The molecule has 4 nitrogen and oxygen atoms in total. The molecule has 0 aliphatic rings. The summed E-state index contributed by atoms with van der Waals surface area (Å²) in [6.07, 6.45) is -5.55. The van der Waals surface area contributed by atoms with E-state index in [2.05, 4.69) is 4.72 Å². The van der Waals surface area contributed by atoms with Crippen LogP contribution in [0.1, 0.15) is 26.2 Å². The van der Waals surface area contributed by atoms with Crippen molar-refractivity contribution in [3.05, 3.63) is 0 Å². The fraction of sp³-hybridized carbons (Fsp3) is 1.00. The van der Waals surface area contributed by atoms with E-state index >= 15 is 0 Å². The van der Waals surface area contributed by atoms with Gasteiger partial charge in [-0.05, 0) is 12.8 Å². The maximum absolute atomic E-state index is 11.8. The summed E-state index contributed by atoms with van der Waals surface area (Å²) >= 11 is 0. The molecule has 1 atom stereocenters. The van der Waals surface area contributed by atoms with Crippen LogP contribution in [0.25, 0.3) is 0 Å². The monoisotopic (exact) mass is 263 g/mol. The van der Waals surface area contributed by atoms with E-state index in [1.807, 2.05) is 0 Å². The standard InChI is InChI=1S/C8H16F3NO3S/c1-2-7(6-13)12-16(14,15)5-3-4-8(9,10)11/h7,12-13H,2-6H2,1H3. The molecule has 16 heavy (non-hydrogen) atoms. The van der Waals surface area contributed by atoms with Crippen LogP contribution in [0.15, 0.2) is 0 Å². The number of aliphatic hydroxyl groups is 1. The van der Waals surface area contributed by atoms with E-state index in [1.54, 1.807) is 6.92 Å². The molecule has 0 amide bonds. The van der Waals surface area contributed by atoms with Crippen LogP contribution in [-0.4, -0.2) is 38.1 Å². The second kappa shape index (κ2) is 6.41. The minimum Gasteiger partial charge on any atom is -0.395 e. The van der Waals surface area contributed by atoms with E-state index in [-0.39, 0.29) is 6.61 Å². The third-order valence-electron chi connectivity index (χ3n) is 1.93. The fourth-order valence-electron chi connectivity index (χ4n) is 1.03. The molecular formula is C8H16F3NO3S. The molecule has 0 aromatic heterocycles. The van der Waals surface area contributed by atoms with E-state index in [0.29, 0.717) is 6.42 Å². The molecule has 0 aliphatic heterocycles. The number of alkyl halides is 3. The Bertz CT molecular complexity index is 285. The molecule has 0 radical (unpaired) electrons. The number of sulfonamides is 1. The van der Waals surface area contributed by atoms with E-state index in [0.717, 1.165) is 0 Å². The Kier molecular flexibility index (Phi) is 6.27. The molecule has 0 aromatic carbocycles. The molecule has 0 bridgehead atoms. The molecule has 8 heteroatoms. The highest BCUT2D eigenvalue weighted by Crippen LogP contribution is 2.21. The van der Waals surface area contributed by atoms with Crippen LogP contribution in [0.5, 0.6) is 0 Å². The van der Waals surface area contributed by atoms with Crippen molar-refractivity contribution in [3.8, 4) is 0 Å². The molecule has 0 aliphatic carbocycles. The van der Waals surface area contributed by atoms with Crippen molar-refractivity contribution in [2.75, 3.05) is 12.4 Å². The van der Waals surface area contributed by atoms with Crippen molar-refractivity contribution >= 4 is 10.0 Å². The van der Waals surface area contributed by atoms with Gasteiger partial charge in [0.05, 0.1) is 12.4 Å². The van der Waals surface area contributed by atoms with Crippen molar-refractivity contribution in [2.24, 2.45) is 0 Å². The lowest BCUT2D eigenvalue weighted by molar-refractivity contribution is -0.134. The van der Waals surface area contributed by atoms with Gasteiger partial charge in [-0.1, -0.05) is 6.92 Å². The van der Waals surface area contributed by atoms with Crippen molar-refractivity contribution in [3.63, 3.8) is 0 Å². The van der Waals surface area contributed by atoms with Crippen LogP contribution >= 0.6 is 0 Å². The Morgan fingerprint density at radius 2 is 1.94 bits per heavy atom. The molecule has 98 valence electrons. The van der Waals surface area contributed by atoms with E-state index in [1.165, 1.54) is 0 Å².